The maximum absolute atomic E-state index is 13.2. The van der Waals surface area contributed by atoms with Crippen LogP contribution in [0.15, 0.2) is 48.9 Å². The Bertz CT molecular complexity index is 1170. The number of nitrogens with zero attached hydrogens (tertiary/aromatic N) is 3. The second-order valence-electron chi connectivity index (χ2n) is 7.93. The van der Waals surface area contributed by atoms with Crippen LogP contribution in [0.2, 0.25) is 0 Å². The van der Waals surface area contributed by atoms with E-state index in [-0.39, 0.29) is 12.4 Å². The first kappa shape index (κ1) is 21.5. The van der Waals surface area contributed by atoms with Crippen molar-refractivity contribution in [2.45, 2.75) is 43.7 Å². The number of aliphatic hydroxyl groups is 2. The molecule has 2 aliphatic heterocycles. The van der Waals surface area contributed by atoms with E-state index < -0.39 is 38.1 Å². The Labute approximate surface area is 183 Å². The number of benzene rings is 1. The molecular weight excluding hydrogens is 439 g/mol. The molecule has 12 heteroatoms. The SMILES string of the molecule is C[C@@]1(O)[C@H](O)C(OP2(=O)OCC[C@@H](c3ccccc3)O2)O[C@H]1n1ccc2c(N)ncnc21. The molecule has 0 saturated carbocycles. The van der Waals surface area contributed by atoms with Crippen molar-refractivity contribution >= 4 is 24.7 Å². The van der Waals surface area contributed by atoms with Gasteiger partial charge in [0, 0.05) is 12.6 Å². The van der Waals surface area contributed by atoms with Crippen LogP contribution in [-0.4, -0.2) is 49.4 Å². The van der Waals surface area contributed by atoms with Crippen molar-refractivity contribution in [2.24, 2.45) is 0 Å². The van der Waals surface area contributed by atoms with Crippen LogP contribution in [-0.2, 0) is 22.9 Å². The van der Waals surface area contributed by atoms with Crippen molar-refractivity contribution in [3.05, 3.63) is 54.5 Å². The van der Waals surface area contributed by atoms with Gasteiger partial charge in [-0.25, -0.2) is 14.5 Å². The molecule has 3 aromatic rings. The van der Waals surface area contributed by atoms with E-state index in [0.717, 1.165) is 5.56 Å². The number of nitrogens with two attached hydrogens (primary N) is 1. The van der Waals surface area contributed by atoms with Crippen LogP contribution in [0.4, 0.5) is 5.82 Å². The minimum Gasteiger partial charge on any atom is -0.385 e. The molecule has 1 aromatic carbocycles. The average molecular weight is 462 g/mol. The summed E-state index contributed by atoms with van der Waals surface area (Å²) in [4.78, 5) is 8.13. The lowest BCUT2D eigenvalue weighted by Crippen LogP contribution is -2.44. The van der Waals surface area contributed by atoms with Crippen molar-refractivity contribution in [1.29, 1.82) is 0 Å². The van der Waals surface area contributed by atoms with Gasteiger partial charge in [-0.1, -0.05) is 30.3 Å². The maximum Gasteiger partial charge on any atom is 0.477 e. The van der Waals surface area contributed by atoms with Crippen LogP contribution in [0.25, 0.3) is 11.0 Å². The predicted octanol–water partition coefficient (Wildman–Crippen LogP) is 2.28. The van der Waals surface area contributed by atoms with Crippen LogP contribution in [0.3, 0.4) is 0 Å². The Hall–Kier alpha value is -2.37. The predicted molar refractivity (Wildman–Crippen MR) is 112 cm³/mol. The summed E-state index contributed by atoms with van der Waals surface area (Å²) >= 11 is 0. The quantitative estimate of drug-likeness (QED) is 0.493. The van der Waals surface area contributed by atoms with E-state index in [4.69, 9.17) is 24.0 Å². The molecule has 170 valence electrons. The molecular formula is C20H23N4O7P. The van der Waals surface area contributed by atoms with Crippen molar-refractivity contribution in [1.82, 2.24) is 14.5 Å². The number of nitrogen functional groups attached to an aromatic ring is 1. The van der Waals surface area contributed by atoms with E-state index in [1.165, 1.54) is 17.8 Å². The van der Waals surface area contributed by atoms with E-state index >= 15 is 0 Å². The van der Waals surface area contributed by atoms with Crippen molar-refractivity contribution in [3.63, 3.8) is 0 Å². The van der Waals surface area contributed by atoms with Gasteiger partial charge in [-0.2, -0.15) is 0 Å². The Morgan fingerprint density at radius 1 is 1.28 bits per heavy atom. The molecule has 0 amide bonds. The number of aromatic nitrogens is 3. The Balaban J connectivity index is 1.39. The number of anilines is 1. The first-order valence-electron chi connectivity index (χ1n) is 10.1. The maximum atomic E-state index is 13.2. The fourth-order valence-electron chi connectivity index (χ4n) is 3.96. The van der Waals surface area contributed by atoms with Gasteiger partial charge in [0.1, 0.15) is 29.5 Å². The van der Waals surface area contributed by atoms with Crippen LogP contribution in [0.1, 0.15) is 31.2 Å². The van der Waals surface area contributed by atoms with E-state index in [9.17, 15) is 14.8 Å². The summed E-state index contributed by atoms with van der Waals surface area (Å²) in [5.41, 5.74) is 5.29. The van der Waals surface area contributed by atoms with E-state index in [1.807, 2.05) is 30.3 Å². The number of phosphoric ester groups is 1. The molecule has 2 aromatic heterocycles. The van der Waals surface area contributed by atoms with Crippen LogP contribution in [0.5, 0.6) is 0 Å². The second kappa shape index (κ2) is 7.89. The molecule has 6 atom stereocenters. The summed E-state index contributed by atoms with van der Waals surface area (Å²) in [5, 5.41) is 22.3. The second-order valence-corrected chi connectivity index (χ2v) is 9.50. The molecule has 2 saturated heterocycles. The van der Waals surface area contributed by atoms with Gasteiger partial charge in [-0.05, 0) is 18.6 Å². The summed E-state index contributed by atoms with van der Waals surface area (Å²) in [6.07, 6.45) is -1.28. The standard InChI is InChI=1S/C20H23N4O7P/c1-20(26)15(25)18(29-19(20)24-9-7-13-16(21)22-11-23-17(13)24)31-32(27)28-10-8-14(30-32)12-5-3-2-4-6-12/h2-7,9,11,14-15,18-19,25-26H,8,10H2,1H3,(H2,21,22,23)/t14-,15+,18?,19+,20+,32?/m0/s1. The monoisotopic (exact) mass is 462 g/mol. The molecule has 0 spiro atoms. The third-order valence-corrected chi connectivity index (χ3v) is 7.18. The number of rotatable bonds is 4. The van der Waals surface area contributed by atoms with Crippen molar-refractivity contribution < 1.29 is 33.1 Å². The molecule has 32 heavy (non-hydrogen) atoms. The van der Waals surface area contributed by atoms with Crippen LogP contribution >= 0.6 is 7.82 Å². The van der Waals surface area contributed by atoms with Crippen LogP contribution < -0.4 is 5.73 Å². The van der Waals surface area contributed by atoms with Gasteiger partial charge >= 0.3 is 7.82 Å². The van der Waals surface area contributed by atoms with Gasteiger partial charge in [0.05, 0.1) is 18.1 Å². The summed E-state index contributed by atoms with van der Waals surface area (Å²) in [5.74, 6) is 0.264. The van der Waals surface area contributed by atoms with Gasteiger partial charge < -0.3 is 25.3 Å². The molecule has 5 rings (SSSR count). The number of aliphatic hydroxyl groups excluding tert-OH is 1. The zero-order valence-corrected chi connectivity index (χ0v) is 18.0. The lowest BCUT2D eigenvalue weighted by atomic mass is 9.99. The third-order valence-electron chi connectivity index (χ3n) is 5.70. The molecule has 2 unspecified atom stereocenters. The summed E-state index contributed by atoms with van der Waals surface area (Å²) in [6, 6.07) is 10.9. The van der Waals surface area contributed by atoms with Gasteiger partial charge in [-0.15, -0.1) is 0 Å². The Morgan fingerprint density at radius 3 is 2.84 bits per heavy atom. The Kier molecular flexibility index (Phi) is 5.30. The number of phosphoric acid groups is 1. The molecule has 11 nitrogen and oxygen atoms in total. The molecule has 0 aliphatic carbocycles. The van der Waals surface area contributed by atoms with Gasteiger partial charge in [0.15, 0.2) is 6.23 Å². The fourth-order valence-corrected chi connectivity index (χ4v) is 5.42. The van der Waals surface area contributed by atoms with Gasteiger partial charge in [0.25, 0.3) is 0 Å². The number of hydrogen-bond acceptors (Lipinski definition) is 10. The third kappa shape index (κ3) is 3.61. The van der Waals surface area contributed by atoms with Gasteiger partial charge in [0.2, 0.25) is 6.29 Å². The van der Waals surface area contributed by atoms with Crippen molar-refractivity contribution in [2.75, 3.05) is 12.3 Å². The zero-order valence-electron chi connectivity index (χ0n) is 17.1. The Morgan fingerprint density at radius 2 is 2.06 bits per heavy atom. The highest BCUT2D eigenvalue weighted by molar-refractivity contribution is 7.48. The van der Waals surface area contributed by atoms with Gasteiger partial charge in [-0.3, -0.25) is 13.6 Å². The van der Waals surface area contributed by atoms with Crippen molar-refractivity contribution in [3.8, 4) is 0 Å². The summed E-state index contributed by atoms with van der Waals surface area (Å²) in [7, 11) is -4.09. The lowest BCUT2D eigenvalue weighted by Gasteiger charge is -2.31. The first-order valence-corrected chi connectivity index (χ1v) is 11.5. The highest BCUT2D eigenvalue weighted by Crippen LogP contribution is 2.59. The molecule has 0 bridgehead atoms. The lowest BCUT2D eigenvalue weighted by molar-refractivity contribution is -0.145. The van der Waals surface area contributed by atoms with Crippen LogP contribution in [0, 0.1) is 0 Å². The van der Waals surface area contributed by atoms with E-state index in [2.05, 4.69) is 9.97 Å². The summed E-state index contributed by atoms with van der Waals surface area (Å²) in [6.45, 7) is 1.52. The number of hydrogen-bond donors (Lipinski definition) is 3. The normalized spacial score (nSPS) is 35.3. The average Bonchev–Trinajstić information content (AvgIpc) is 3.29. The van der Waals surface area contributed by atoms with E-state index in [1.54, 1.807) is 12.3 Å². The highest BCUT2D eigenvalue weighted by atomic mass is 31.2. The molecule has 4 heterocycles. The van der Waals surface area contributed by atoms with E-state index in [0.29, 0.717) is 17.5 Å². The smallest absolute Gasteiger partial charge is 0.385 e. The largest absolute Gasteiger partial charge is 0.477 e. The molecule has 2 aliphatic rings. The first-order chi connectivity index (χ1) is 15.3. The summed E-state index contributed by atoms with van der Waals surface area (Å²) < 4.78 is 37.0. The topological polar surface area (TPSA) is 151 Å². The molecule has 0 radical (unpaired) electrons. The minimum absolute atomic E-state index is 0.137. The fraction of sp³-hybridized carbons (Fsp3) is 0.400. The molecule has 4 N–H and O–H groups in total. The highest BCUT2D eigenvalue weighted by Gasteiger charge is 2.56. The minimum atomic E-state index is -4.09. The zero-order chi connectivity index (χ0) is 22.5. The molecule has 2 fully saturated rings. The number of fused-ring (bicyclic) bond motifs is 1. The number of ether oxygens (including phenoxy) is 1.